The molecule has 0 fully saturated rings. The van der Waals surface area contributed by atoms with Crippen LogP contribution in [0.2, 0.25) is 0 Å². The average Bonchev–Trinajstić information content (AvgIpc) is 2.95. The van der Waals surface area contributed by atoms with Crippen molar-refractivity contribution in [1.29, 1.82) is 0 Å². The molecule has 0 aliphatic heterocycles. The second-order valence-electron chi connectivity index (χ2n) is 5.32. The van der Waals surface area contributed by atoms with E-state index in [9.17, 15) is 9.59 Å². The lowest BCUT2D eigenvalue weighted by atomic mass is 10.1. The van der Waals surface area contributed by atoms with E-state index in [1.807, 2.05) is 30.5 Å². The molecular weight excluding hydrogens is 310 g/mol. The van der Waals surface area contributed by atoms with E-state index >= 15 is 0 Å². The van der Waals surface area contributed by atoms with Gasteiger partial charge in [-0.05, 0) is 25.3 Å². The molecule has 2 heterocycles. The molecule has 23 heavy (non-hydrogen) atoms. The predicted octanol–water partition coefficient (Wildman–Crippen LogP) is 2.43. The van der Waals surface area contributed by atoms with Crippen LogP contribution in [0.25, 0.3) is 4.96 Å². The van der Waals surface area contributed by atoms with Crippen LogP contribution in [0.1, 0.15) is 28.0 Å². The summed E-state index contributed by atoms with van der Waals surface area (Å²) in [7, 11) is 0. The molecule has 1 N–H and O–H groups in total. The Hall–Kier alpha value is -2.47. The van der Waals surface area contributed by atoms with Crippen LogP contribution in [0.4, 0.5) is 0 Å². The summed E-state index contributed by atoms with van der Waals surface area (Å²) >= 11 is 1.39. The number of thiazole rings is 1. The fourth-order valence-corrected chi connectivity index (χ4v) is 3.24. The molecule has 0 saturated heterocycles. The maximum absolute atomic E-state index is 12.4. The number of aryl methyl sites for hydroxylation is 2. The van der Waals surface area contributed by atoms with E-state index in [1.54, 1.807) is 0 Å². The molecule has 1 aromatic carbocycles. The van der Waals surface area contributed by atoms with E-state index in [-0.39, 0.29) is 17.0 Å². The Morgan fingerprint density at radius 1 is 1.30 bits per heavy atom. The monoisotopic (exact) mass is 327 g/mol. The standard InChI is InChI=1S/C17H17N3O2S/c1-12-11-23-17-19-10-14(16(22)20(12)17)15(21)18-9-5-8-13-6-3-2-4-7-13/h2-4,6-7,10-11H,5,8-9H2,1H3,(H,18,21). The molecule has 0 bridgehead atoms. The van der Waals surface area contributed by atoms with E-state index in [2.05, 4.69) is 22.4 Å². The first kappa shape index (κ1) is 15.4. The zero-order chi connectivity index (χ0) is 16.2. The highest BCUT2D eigenvalue weighted by atomic mass is 32.1. The van der Waals surface area contributed by atoms with E-state index in [1.165, 1.54) is 27.5 Å². The Kier molecular flexibility index (Phi) is 4.52. The van der Waals surface area contributed by atoms with E-state index in [0.29, 0.717) is 11.5 Å². The first-order valence-corrected chi connectivity index (χ1v) is 8.33. The normalized spacial score (nSPS) is 10.8. The van der Waals surface area contributed by atoms with Gasteiger partial charge in [-0.25, -0.2) is 4.98 Å². The zero-order valence-corrected chi connectivity index (χ0v) is 13.6. The van der Waals surface area contributed by atoms with Gasteiger partial charge in [-0.15, -0.1) is 11.3 Å². The molecule has 3 rings (SSSR count). The highest BCUT2D eigenvalue weighted by Gasteiger charge is 2.14. The van der Waals surface area contributed by atoms with Crippen LogP contribution in [0.15, 0.2) is 46.7 Å². The number of carbonyl (C=O) groups excluding carboxylic acids is 1. The van der Waals surface area contributed by atoms with Gasteiger partial charge in [0, 0.05) is 23.8 Å². The summed E-state index contributed by atoms with van der Waals surface area (Å²) in [6.45, 7) is 2.35. The van der Waals surface area contributed by atoms with Crippen LogP contribution < -0.4 is 10.9 Å². The molecule has 1 amide bonds. The van der Waals surface area contributed by atoms with Crippen molar-refractivity contribution in [3.05, 3.63) is 69.1 Å². The molecule has 0 spiro atoms. The highest BCUT2D eigenvalue weighted by molar-refractivity contribution is 7.15. The molecule has 0 atom stereocenters. The topological polar surface area (TPSA) is 63.5 Å². The number of fused-ring (bicyclic) bond motifs is 1. The molecule has 0 aliphatic carbocycles. The molecular formula is C17H17N3O2S. The minimum Gasteiger partial charge on any atom is -0.352 e. The molecule has 5 nitrogen and oxygen atoms in total. The fraction of sp³-hybridized carbons (Fsp3) is 0.235. The minimum atomic E-state index is -0.365. The van der Waals surface area contributed by atoms with Crippen LogP contribution in [0.3, 0.4) is 0 Å². The zero-order valence-electron chi connectivity index (χ0n) is 12.8. The minimum absolute atomic E-state index is 0.0868. The van der Waals surface area contributed by atoms with Gasteiger partial charge in [0.15, 0.2) is 4.96 Å². The summed E-state index contributed by atoms with van der Waals surface area (Å²) < 4.78 is 1.48. The fourth-order valence-electron chi connectivity index (χ4n) is 2.41. The molecule has 0 unspecified atom stereocenters. The van der Waals surface area contributed by atoms with Crippen LogP contribution >= 0.6 is 11.3 Å². The van der Waals surface area contributed by atoms with Crippen molar-refractivity contribution in [3.8, 4) is 0 Å². The van der Waals surface area contributed by atoms with Crippen LogP contribution in [0.5, 0.6) is 0 Å². The van der Waals surface area contributed by atoms with Gasteiger partial charge in [-0.2, -0.15) is 0 Å². The Labute approximate surface area is 137 Å². The summed E-state index contributed by atoms with van der Waals surface area (Å²) in [6, 6.07) is 10.1. The van der Waals surface area contributed by atoms with Crippen LogP contribution in [-0.2, 0) is 6.42 Å². The van der Waals surface area contributed by atoms with Gasteiger partial charge in [-0.1, -0.05) is 30.3 Å². The number of hydrogen-bond donors (Lipinski definition) is 1. The second kappa shape index (κ2) is 6.75. The largest absolute Gasteiger partial charge is 0.352 e. The van der Waals surface area contributed by atoms with E-state index < -0.39 is 0 Å². The second-order valence-corrected chi connectivity index (χ2v) is 6.15. The Morgan fingerprint density at radius 3 is 2.87 bits per heavy atom. The lowest BCUT2D eigenvalue weighted by Gasteiger charge is -2.05. The molecule has 3 aromatic rings. The van der Waals surface area contributed by atoms with Crippen molar-refractivity contribution in [2.75, 3.05) is 6.54 Å². The van der Waals surface area contributed by atoms with Crippen LogP contribution in [0, 0.1) is 6.92 Å². The Morgan fingerprint density at radius 2 is 2.09 bits per heavy atom. The Balaban J connectivity index is 1.63. The first-order valence-electron chi connectivity index (χ1n) is 7.45. The summed E-state index contributed by atoms with van der Waals surface area (Å²) in [5, 5.41) is 4.65. The molecule has 118 valence electrons. The smallest absolute Gasteiger partial charge is 0.271 e. The van der Waals surface area contributed by atoms with E-state index in [4.69, 9.17) is 0 Å². The van der Waals surface area contributed by atoms with Gasteiger partial charge in [0.25, 0.3) is 11.5 Å². The van der Waals surface area contributed by atoms with Gasteiger partial charge in [0.1, 0.15) is 5.56 Å². The average molecular weight is 327 g/mol. The lowest BCUT2D eigenvalue weighted by molar-refractivity contribution is 0.0951. The highest BCUT2D eigenvalue weighted by Crippen LogP contribution is 2.11. The SMILES string of the molecule is Cc1csc2ncc(C(=O)NCCCc3ccccc3)c(=O)n12. The van der Waals surface area contributed by atoms with Gasteiger partial charge >= 0.3 is 0 Å². The third-order valence-electron chi connectivity index (χ3n) is 3.63. The first-order chi connectivity index (χ1) is 11.2. The number of rotatable bonds is 5. The number of benzene rings is 1. The van der Waals surface area contributed by atoms with Crippen LogP contribution in [-0.4, -0.2) is 21.8 Å². The lowest BCUT2D eigenvalue weighted by Crippen LogP contribution is -2.32. The molecule has 6 heteroatoms. The maximum Gasteiger partial charge on any atom is 0.271 e. The molecule has 0 saturated carbocycles. The van der Waals surface area contributed by atoms with Crippen molar-refractivity contribution < 1.29 is 4.79 Å². The number of amides is 1. The third kappa shape index (κ3) is 3.32. The number of nitrogens with one attached hydrogen (secondary N) is 1. The third-order valence-corrected chi connectivity index (χ3v) is 4.59. The molecule has 0 aliphatic rings. The summed E-state index contributed by atoms with van der Waals surface area (Å²) in [5.74, 6) is -0.365. The van der Waals surface area contributed by atoms with Crippen molar-refractivity contribution in [2.24, 2.45) is 0 Å². The van der Waals surface area contributed by atoms with Gasteiger partial charge < -0.3 is 5.32 Å². The van der Waals surface area contributed by atoms with Gasteiger partial charge in [-0.3, -0.25) is 14.0 Å². The summed E-state index contributed by atoms with van der Waals surface area (Å²) in [5.41, 5.74) is 1.80. The maximum atomic E-state index is 12.4. The number of hydrogen-bond acceptors (Lipinski definition) is 4. The van der Waals surface area contributed by atoms with Crippen molar-refractivity contribution in [3.63, 3.8) is 0 Å². The van der Waals surface area contributed by atoms with E-state index in [0.717, 1.165) is 18.5 Å². The summed E-state index contributed by atoms with van der Waals surface area (Å²) in [4.78, 5) is 29.4. The van der Waals surface area contributed by atoms with Gasteiger partial charge in [0.05, 0.1) is 0 Å². The van der Waals surface area contributed by atoms with Crippen molar-refractivity contribution in [2.45, 2.75) is 19.8 Å². The number of nitrogens with zero attached hydrogens (tertiary/aromatic N) is 2. The number of carbonyl (C=O) groups is 1. The predicted molar refractivity (Wildman–Crippen MR) is 91.2 cm³/mol. The summed E-state index contributed by atoms with van der Waals surface area (Å²) in [6.07, 6.45) is 3.07. The quantitative estimate of drug-likeness (QED) is 0.732. The van der Waals surface area contributed by atoms with Gasteiger partial charge in [0.2, 0.25) is 0 Å². The number of aromatic nitrogens is 2. The van der Waals surface area contributed by atoms with Crippen molar-refractivity contribution >= 4 is 22.2 Å². The molecule has 0 radical (unpaired) electrons. The van der Waals surface area contributed by atoms with Crippen molar-refractivity contribution in [1.82, 2.24) is 14.7 Å². The Bertz CT molecular complexity index is 884. The molecule has 2 aromatic heterocycles.